The maximum atomic E-state index is 12.2. The Morgan fingerprint density at radius 2 is 2.20 bits per heavy atom. The van der Waals surface area contributed by atoms with Crippen molar-refractivity contribution < 1.29 is 9.53 Å². The number of halogens is 1. The molecule has 0 aliphatic heterocycles. The summed E-state index contributed by atoms with van der Waals surface area (Å²) >= 11 is 5.89. The molecule has 4 nitrogen and oxygen atoms in total. The lowest BCUT2D eigenvalue weighted by atomic mass is 10.1. The van der Waals surface area contributed by atoms with Crippen molar-refractivity contribution in [1.82, 2.24) is 9.55 Å². The molecule has 2 aromatic rings. The number of aryl methyl sites for hydroxylation is 1. The fourth-order valence-corrected chi connectivity index (χ4v) is 2.44. The maximum Gasteiger partial charge on any atom is 0.202 e. The second kappa shape index (κ2) is 6.09. The minimum Gasteiger partial charge on any atom is -0.482 e. The molecule has 0 radical (unpaired) electrons. The van der Waals surface area contributed by atoms with Gasteiger partial charge in [0.1, 0.15) is 0 Å². The number of carbonyl (C=O) groups excluding carboxylic acids is 1. The Morgan fingerprint density at radius 1 is 1.45 bits per heavy atom. The van der Waals surface area contributed by atoms with Crippen LogP contribution in [0.3, 0.4) is 0 Å². The molecule has 0 aliphatic carbocycles. The van der Waals surface area contributed by atoms with E-state index in [4.69, 9.17) is 16.3 Å². The number of ketones is 1. The van der Waals surface area contributed by atoms with Gasteiger partial charge < -0.3 is 9.30 Å². The van der Waals surface area contributed by atoms with Crippen molar-refractivity contribution in [2.45, 2.75) is 27.3 Å². The molecule has 0 saturated carbocycles. The summed E-state index contributed by atoms with van der Waals surface area (Å²) in [7, 11) is 0. The predicted octanol–water partition coefficient (Wildman–Crippen LogP) is 3.43. The van der Waals surface area contributed by atoms with E-state index in [-0.39, 0.29) is 17.5 Å². The van der Waals surface area contributed by atoms with Gasteiger partial charge in [0.05, 0.1) is 0 Å². The number of hydrogen-bond donors (Lipinski definition) is 0. The summed E-state index contributed by atoms with van der Waals surface area (Å²) in [6, 6.07) is 5.31. The lowest BCUT2D eigenvalue weighted by Gasteiger charge is -2.07. The van der Waals surface area contributed by atoms with Crippen molar-refractivity contribution in [3.63, 3.8) is 0 Å². The summed E-state index contributed by atoms with van der Waals surface area (Å²) in [5.74, 6) is 0.365. The van der Waals surface area contributed by atoms with E-state index in [9.17, 15) is 4.79 Å². The number of carbonyl (C=O) groups is 1. The molecular weight excluding hydrogens is 276 g/mol. The number of Topliss-reactive ketones (excluding diaryl/α,β-unsaturated/α-hetero) is 1. The number of nitrogens with zero attached hydrogens (tertiary/aromatic N) is 2. The van der Waals surface area contributed by atoms with Crippen molar-refractivity contribution >= 4 is 17.4 Å². The highest BCUT2D eigenvalue weighted by Crippen LogP contribution is 2.21. The second-order valence-electron chi connectivity index (χ2n) is 4.53. The molecule has 0 N–H and O–H groups in total. The van der Waals surface area contributed by atoms with E-state index < -0.39 is 0 Å². The molecule has 0 amide bonds. The van der Waals surface area contributed by atoms with Crippen LogP contribution in [0.25, 0.3) is 0 Å². The Kier molecular flexibility index (Phi) is 4.45. The molecular formula is C15H17ClN2O2. The van der Waals surface area contributed by atoms with Gasteiger partial charge in [-0.2, -0.15) is 0 Å². The molecule has 2 heterocycles. The minimum atomic E-state index is -0.0577. The fourth-order valence-electron chi connectivity index (χ4n) is 2.27. The van der Waals surface area contributed by atoms with E-state index in [1.165, 1.54) is 0 Å². The second-order valence-corrected chi connectivity index (χ2v) is 4.89. The molecule has 0 unspecified atom stereocenters. The highest BCUT2D eigenvalue weighted by Gasteiger charge is 2.16. The Bertz CT molecular complexity index is 635. The zero-order chi connectivity index (χ0) is 14.7. The first kappa shape index (κ1) is 14.6. The zero-order valence-electron chi connectivity index (χ0n) is 11.8. The molecule has 0 bridgehead atoms. The molecule has 106 valence electrons. The zero-order valence-corrected chi connectivity index (χ0v) is 12.6. The fraction of sp³-hybridized carbons (Fsp3) is 0.333. The SMILES string of the molecule is CCn1c(C)cc(C(=O)COc2cccnc2Cl)c1C. The van der Waals surface area contributed by atoms with E-state index in [0.717, 1.165) is 17.9 Å². The van der Waals surface area contributed by atoms with E-state index >= 15 is 0 Å². The topological polar surface area (TPSA) is 44.1 Å². The van der Waals surface area contributed by atoms with Crippen LogP contribution in [0.5, 0.6) is 5.75 Å². The Morgan fingerprint density at radius 3 is 2.80 bits per heavy atom. The highest BCUT2D eigenvalue weighted by molar-refractivity contribution is 6.30. The van der Waals surface area contributed by atoms with Gasteiger partial charge in [-0.05, 0) is 39.0 Å². The van der Waals surface area contributed by atoms with Crippen LogP contribution in [-0.4, -0.2) is 21.9 Å². The van der Waals surface area contributed by atoms with Crippen LogP contribution in [-0.2, 0) is 6.54 Å². The van der Waals surface area contributed by atoms with Crippen LogP contribution < -0.4 is 4.74 Å². The third-order valence-corrected chi connectivity index (χ3v) is 3.56. The van der Waals surface area contributed by atoms with E-state index in [0.29, 0.717) is 11.3 Å². The van der Waals surface area contributed by atoms with Gasteiger partial charge in [-0.25, -0.2) is 4.98 Å². The molecule has 0 spiro atoms. The van der Waals surface area contributed by atoms with Crippen LogP contribution >= 0.6 is 11.6 Å². The average Bonchev–Trinajstić information content (AvgIpc) is 2.72. The highest BCUT2D eigenvalue weighted by atomic mass is 35.5. The summed E-state index contributed by atoms with van der Waals surface area (Å²) in [4.78, 5) is 16.1. The van der Waals surface area contributed by atoms with Gasteiger partial charge in [-0.1, -0.05) is 11.6 Å². The van der Waals surface area contributed by atoms with Crippen molar-refractivity contribution in [2.24, 2.45) is 0 Å². The molecule has 0 aliphatic rings. The van der Waals surface area contributed by atoms with Gasteiger partial charge in [0.2, 0.25) is 5.78 Å². The first-order valence-corrected chi connectivity index (χ1v) is 6.85. The van der Waals surface area contributed by atoms with Crippen molar-refractivity contribution in [3.05, 3.63) is 46.5 Å². The van der Waals surface area contributed by atoms with Gasteiger partial charge >= 0.3 is 0 Å². The van der Waals surface area contributed by atoms with Crippen LogP contribution in [0.1, 0.15) is 28.7 Å². The van der Waals surface area contributed by atoms with Crippen LogP contribution in [0, 0.1) is 13.8 Å². The average molecular weight is 293 g/mol. The number of pyridine rings is 1. The number of rotatable bonds is 5. The van der Waals surface area contributed by atoms with Crippen molar-refractivity contribution in [2.75, 3.05) is 6.61 Å². The van der Waals surface area contributed by atoms with Crippen molar-refractivity contribution in [3.8, 4) is 5.75 Å². The molecule has 2 rings (SSSR count). The summed E-state index contributed by atoms with van der Waals surface area (Å²) in [5.41, 5.74) is 2.74. The Labute approximate surface area is 123 Å². The molecule has 0 saturated heterocycles. The first-order chi connectivity index (χ1) is 9.54. The van der Waals surface area contributed by atoms with Gasteiger partial charge in [-0.15, -0.1) is 0 Å². The number of ether oxygens (including phenoxy) is 1. The standard InChI is InChI=1S/C15H17ClN2O2/c1-4-18-10(2)8-12(11(18)3)13(19)9-20-14-6-5-7-17-15(14)16/h5-8H,4,9H2,1-3H3. The largest absolute Gasteiger partial charge is 0.482 e. The van der Waals surface area contributed by atoms with Crippen LogP contribution in [0.15, 0.2) is 24.4 Å². The van der Waals surface area contributed by atoms with Crippen LogP contribution in [0.4, 0.5) is 0 Å². The lowest BCUT2D eigenvalue weighted by Crippen LogP contribution is -2.13. The summed E-state index contributed by atoms with van der Waals surface area (Å²) in [6.07, 6.45) is 1.58. The first-order valence-electron chi connectivity index (χ1n) is 6.47. The van der Waals surface area contributed by atoms with Gasteiger partial charge in [0.15, 0.2) is 17.5 Å². The summed E-state index contributed by atoms with van der Waals surface area (Å²) in [5, 5.41) is 0.263. The third-order valence-electron chi connectivity index (χ3n) is 3.27. The van der Waals surface area contributed by atoms with E-state index in [1.807, 2.05) is 19.9 Å². The van der Waals surface area contributed by atoms with Crippen molar-refractivity contribution in [1.29, 1.82) is 0 Å². The molecule has 2 aromatic heterocycles. The number of hydrogen-bond acceptors (Lipinski definition) is 3. The lowest BCUT2D eigenvalue weighted by molar-refractivity contribution is 0.0920. The van der Waals surface area contributed by atoms with E-state index in [2.05, 4.69) is 16.5 Å². The Hall–Kier alpha value is -1.81. The summed E-state index contributed by atoms with van der Waals surface area (Å²) < 4.78 is 7.54. The molecule has 0 aromatic carbocycles. The quantitative estimate of drug-likeness (QED) is 0.626. The van der Waals surface area contributed by atoms with Gasteiger partial charge in [0, 0.05) is 29.7 Å². The van der Waals surface area contributed by atoms with Gasteiger partial charge in [-0.3, -0.25) is 4.79 Å². The molecule has 0 atom stereocenters. The Balaban J connectivity index is 2.12. The normalized spacial score (nSPS) is 10.6. The maximum absolute atomic E-state index is 12.2. The van der Waals surface area contributed by atoms with Gasteiger partial charge in [0.25, 0.3) is 0 Å². The molecule has 20 heavy (non-hydrogen) atoms. The summed E-state index contributed by atoms with van der Waals surface area (Å²) in [6.45, 7) is 6.80. The monoisotopic (exact) mass is 292 g/mol. The molecule has 0 fully saturated rings. The third kappa shape index (κ3) is 2.85. The minimum absolute atomic E-state index is 0.0422. The van der Waals surface area contributed by atoms with E-state index in [1.54, 1.807) is 18.3 Å². The number of aromatic nitrogens is 2. The molecule has 5 heteroatoms. The van der Waals surface area contributed by atoms with Crippen LogP contribution in [0.2, 0.25) is 5.15 Å². The smallest absolute Gasteiger partial charge is 0.202 e. The predicted molar refractivity (Wildman–Crippen MR) is 78.7 cm³/mol.